The van der Waals surface area contributed by atoms with Gasteiger partial charge in [0.25, 0.3) is 0 Å². The van der Waals surface area contributed by atoms with Crippen LogP contribution in [0.5, 0.6) is 0 Å². The first-order valence-electron chi connectivity index (χ1n) is 8.91. The van der Waals surface area contributed by atoms with Crippen molar-refractivity contribution >= 4 is 11.8 Å². The van der Waals surface area contributed by atoms with Gasteiger partial charge < -0.3 is 9.47 Å². The number of rotatable bonds is 2. The fourth-order valence-corrected chi connectivity index (χ4v) is 5.41. The summed E-state index contributed by atoms with van der Waals surface area (Å²) in [4.78, 5) is 23.5. The average Bonchev–Trinajstić information content (AvgIpc) is 2.87. The number of ether oxygens (including phenoxy) is 2. The normalized spacial score (nSPS) is 47.5. The van der Waals surface area contributed by atoms with Gasteiger partial charge in [-0.25, -0.2) is 4.79 Å². The summed E-state index contributed by atoms with van der Waals surface area (Å²) < 4.78 is 12.0. The number of hydrogen-bond donors (Lipinski definition) is 0. The van der Waals surface area contributed by atoms with Gasteiger partial charge in [0, 0.05) is 25.3 Å². The summed E-state index contributed by atoms with van der Waals surface area (Å²) in [6.07, 6.45) is 6.91. The maximum Gasteiger partial charge on any atom is 0.331 e. The third-order valence-corrected chi connectivity index (χ3v) is 7.17. The summed E-state index contributed by atoms with van der Waals surface area (Å²) in [5, 5.41) is 0. The van der Waals surface area contributed by atoms with Gasteiger partial charge in [0.1, 0.15) is 11.9 Å². The zero-order valence-electron chi connectivity index (χ0n) is 14.2. The number of carbonyl (C=O) groups is 2. The van der Waals surface area contributed by atoms with E-state index in [4.69, 9.17) is 9.47 Å². The van der Waals surface area contributed by atoms with E-state index in [1.807, 2.05) is 6.08 Å². The Kier molecular flexibility index (Phi) is 3.29. The van der Waals surface area contributed by atoms with Crippen molar-refractivity contribution in [1.29, 1.82) is 0 Å². The Morgan fingerprint density at radius 2 is 2.04 bits per heavy atom. The fraction of sp³-hybridized carbons (Fsp3) is 0.789. The highest BCUT2D eigenvalue weighted by molar-refractivity contribution is 5.87. The van der Waals surface area contributed by atoms with Crippen molar-refractivity contribution in [3.63, 3.8) is 0 Å². The molecular formula is C19H26O4. The molecule has 1 aliphatic heterocycles. The van der Waals surface area contributed by atoms with E-state index in [1.165, 1.54) is 12.5 Å². The summed E-state index contributed by atoms with van der Waals surface area (Å²) in [7, 11) is 0. The highest BCUT2D eigenvalue weighted by Gasteiger charge is 2.58. The van der Waals surface area contributed by atoms with Gasteiger partial charge in [0.15, 0.2) is 5.60 Å². The summed E-state index contributed by atoms with van der Waals surface area (Å²) in [5.74, 6) is 1.80. The fourth-order valence-electron chi connectivity index (χ4n) is 5.41. The molecule has 0 saturated heterocycles. The topological polar surface area (TPSA) is 52.6 Å². The second-order valence-electron chi connectivity index (χ2n) is 8.57. The summed E-state index contributed by atoms with van der Waals surface area (Å²) in [5.41, 5.74) is -0.291. The van der Waals surface area contributed by atoms with Crippen LogP contribution in [-0.2, 0) is 19.1 Å². The highest BCUT2D eigenvalue weighted by atomic mass is 16.6. The largest absolute Gasteiger partial charge is 0.449 e. The maximum atomic E-state index is 11.9. The molecule has 0 unspecified atom stereocenters. The van der Waals surface area contributed by atoms with Gasteiger partial charge in [-0.1, -0.05) is 20.8 Å². The zero-order chi connectivity index (χ0) is 16.4. The first-order valence-corrected chi connectivity index (χ1v) is 8.91. The predicted octanol–water partition coefficient (Wildman–Crippen LogP) is 3.05. The molecule has 0 radical (unpaired) electrons. The van der Waals surface area contributed by atoms with Gasteiger partial charge in [0.05, 0.1) is 6.10 Å². The Hall–Kier alpha value is -1.16. The Balaban J connectivity index is 1.52. The molecule has 4 aliphatic carbocycles. The molecule has 0 aromatic carbocycles. The number of ketones is 1. The summed E-state index contributed by atoms with van der Waals surface area (Å²) in [6.45, 7) is 7.01. The van der Waals surface area contributed by atoms with E-state index in [-0.39, 0.29) is 24.0 Å². The zero-order valence-corrected chi connectivity index (χ0v) is 14.2. The van der Waals surface area contributed by atoms with Crippen molar-refractivity contribution in [2.45, 2.75) is 70.7 Å². The predicted molar refractivity (Wildman–Crippen MR) is 84.6 cm³/mol. The van der Waals surface area contributed by atoms with Crippen LogP contribution in [0.1, 0.15) is 52.9 Å². The average molecular weight is 318 g/mol. The Labute approximate surface area is 137 Å². The van der Waals surface area contributed by atoms with Crippen molar-refractivity contribution in [3.8, 4) is 0 Å². The molecule has 23 heavy (non-hydrogen) atoms. The molecule has 0 aromatic rings. The van der Waals surface area contributed by atoms with Crippen molar-refractivity contribution in [1.82, 2.24) is 0 Å². The molecule has 1 heterocycles. The first kappa shape index (κ1) is 15.4. The van der Waals surface area contributed by atoms with Crippen LogP contribution in [0.25, 0.3) is 0 Å². The smallest absolute Gasteiger partial charge is 0.331 e. The number of hydrogen-bond acceptors (Lipinski definition) is 4. The van der Waals surface area contributed by atoms with Crippen LogP contribution in [0.2, 0.25) is 0 Å². The Morgan fingerprint density at radius 1 is 1.26 bits per heavy atom. The number of carbonyl (C=O) groups excluding carboxylic acids is 2. The molecule has 2 bridgehead atoms. The number of fused-ring (bicyclic) bond motifs is 2. The minimum absolute atomic E-state index is 0.173. The molecular weight excluding hydrogens is 292 g/mol. The third-order valence-electron chi connectivity index (χ3n) is 7.17. The molecule has 126 valence electrons. The number of Topliss-reactive ketones (excluding diaryl/α,β-unsaturated/α-hetero) is 1. The molecule has 5 aliphatic rings. The van der Waals surface area contributed by atoms with Crippen molar-refractivity contribution in [3.05, 3.63) is 12.2 Å². The molecule has 4 heteroatoms. The number of esters is 1. The molecule has 0 N–H and O–H groups in total. The quantitative estimate of drug-likeness (QED) is 0.734. The minimum Gasteiger partial charge on any atom is -0.449 e. The SMILES string of the molecule is C[C@@H]1[C@@H](O[C@H]2CC(=O)CC[C@]23C=CC(=O)O3)C[C@H]2C[C@@H]1C2(C)C. The summed E-state index contributed by atoms with van der Waals surface area (Å²) >= 11 is 0. The van der Waals surface area contributed by atoms with Gasteiger partial charge >= 0.3 is 5.97 Å². The van der Waals surface area contributed by atoms with Crippen molar-refractivity contribution in [2.24, 2.45) is 23.2 Å². The van der Waals surface area contributed by atoms with Crippen LogP contribution < -0.4 is 0 Å². The summed E-state index contributed by atoms with van der Waals surface area (Å²) in [6, 6.07) is 0. The molecule has 5 rings (SSSR count). The molecule has 0 amide bonds. The third kappa shape index (κ3) is 2.21. The molecule has 0 aromatic heterocycles. The van der Waals surface area contributed by atoms with E-state index in [0.29, 0.717) is 42.4 Å². The van der Waals surface area contributed by atoms with Crippen LogP contribution in [0.3, 0.4) is 0 Å². The van der Waals surface area contributed by atoms with Crippen LogP contribution in [0.4, 0.5) is 0 Å². The van der Waals surface area contributed by atoms with Gasteiger partial charge in [-0.3, -0.25) is 4.79 Å². The van der Waals surface area contributed by atoms with Crippen LogP contribution in [-0.4, -0.2) is 29.6 Å². The lowest BCUT2D eigenvalue weighted by molar-refractivity contribution is -0.216. The lowest BCUT2D eigenvalue weighted by atomic mass is 9.45. The van der Waals surface area contributed by atoms with Crippen molar-refractivity contribution < 1.29 is 19.1 Å². The van der Waals surface area contributed by atoms with E-state index in [9.17, 15) is 9.59 Å². The lowest BCUT2D eigenvalue weighted by Crippen LogP contribution is -2.59. The first-order chi connectivity index (χ1) is 10.8. The van der Waals surface area contributed by atoms with E-state index in [0.717, 1.165) is 6.42 Å². The van der Waals surface area contributed by atoms with E-state index in [2.05, 4.69) is 20.8 Å². The highest BCUT2D eigenvalue weighted by Crippen LogP contribution is 2.62. The molecule has 6 atom stereocenters. The second kappa shape index (κ2) is 4.92. The van der Waals surface area contributed by atoms with Gasteiger partial charge in [0.2, 0.25) is 0 Å². The van der Waals surface area contributed by atoms with Gasteiger partial charge in [-0.2, -0.15) is 0 Å². The van der Waals surface area contributed by atoms with Gasteiger partial charge in [-0.15, -0.1) is 0 Å². The minimum atomic E-state index is -0.706. The van der Waals surface area contributed by atoms with Crippen LogP contribution in [0, 0.1) is 23.2 Å². The molecule has 4 fully saturated rings. The molecule has 1 spiro atoms. The van der Waals surface area contributed by atoms with E-state index < -0.39 is 5.60 Å². The molecule has 4 nitrogen and oxygen atoms in total. The Bertz CT molecular complexity index is 578. The molecule has 4 saturated carbocycles. The van der Waals surface area contributed by atoms with Crippen LogP contribution in [0.15, 0.2) is 12.2 Å². The van der Waals surface area contributed by atoms with Crippen molar-refractivity contribution in [2.75, 3.05) is 0 Å². The lowest BCUT2D eigenvalue weighted by Gasteiger charge is -2.62. The van der Waals surface area contributed by atoms with E-state index in [1.54, 1.807) is 0 Å². The maximum absolute atomic E-state index is 11.9. The second-order valence-corrected chi connectivity index (χ2v) is 8.57. The van der Waals surface area contributed by atoms with Gasteiger partial charge in [-0.05, 0) is 42.1 Å². The van der Waals surface area contributed by atoms with Crippen LogP contribution >= 0.6 is 0 Å². The monoisotopic (exact) mass is 318 g/mol. The standard InChI is InChI=1S/C19H26O4/c1-11-14-8-12(18(14,2)3)9-15(11)22-16-10-13(20)4-6-19(16)7-5-17(21)23-19/h5,7,11-12,14-16H,4,6,8-10H2,1-3H3/t11-,12+,14-,15-,16-,19-/m0/s1. The Morgan fingerprint density at radius 3 is 2.65 bits per heavy atom. The van der Waals surface area contributed by atoms with E-state index >= 15 is 0 Å².